The van der Waals surface area contributed by atoms with Crippen molar-refractivity contribution in [3.63, 3.8) is 0 Å². The van der Waals surface area contributed by atoms with Crippen LogP contribution in [0.5, 0.6) is 0 Å². The van der Waals surface area contributed by atoms with E-state index in [1.165, 1.54) is 46.1 Å². The predicted molar refractivity (Wildman–Crippen MR) is 76.2 cm³/mol. The monoisotopic (exact) mass is 262 g/mol. The van der Waals surface area contributed by atoms with E-state index in [1.54, 1.807) is 0 Å². The quantitative estimate of drug-likeness (QED) is 0.711. The lowest BCUT2D eigenvalue weighted by atomic mass is 10.2. The molecule has 0 N–H and O–H groups in total. The van der Waals surface area contributed by atoms with Gasteiger partial charge in [-0.2, -0.15) is 0 Å². The Morgan fingerprint density at radius 1 is 1.18 bits per heavy atom. The van der Waals surface area contributed by atoms with Crippen LogP contribution in [0, 0.1) is 0 Å². The van der Waals surface area contributed by atoms with Crippen LogP contribution in [0.2, 0.25) is 0 Å². The summed E-state index contributed by atoms with van der Waals surface area (Å²) >= 11 is 0. The van der Waals surface area contributed by atoms with Gasteiger partial charge in [0.15, 0.2) is 0 Å². The third kappa shape index (κ3) is 13.2. The lowest BCUT2D eigenvalue weighted by Crippen LogP contribution is -2.23. The average Bonchev–Trinajstić information content (AvgIpc) is 2.58. The molecule has 0 radical (unpaired) electrons. The summed E-state index contributed by atoms with van der Waals surface area (Å²) < 4.78 is 0. The largest absolute Gasteiger partial charge is 0.362 e. The van der Waals surface area contributed by atoms with Gasteiger partial charge in [-0.1, -0.05) is 26.2 Å². The standard InChI is InChI=1S/C10H20N2.C3H6O.ClH/c1-3-4-5-6-7-12-9-8-11(2)10-12;1-3(2)4;/h8-9H,3-7,10H2,1-2H3;1-2H3;1H. The minimum Gasteiger partial charge on any atom is -0.362 e. The number of rotatable bonds is 5. The van der Waals surface area contributed by atoms with Gasteiger partial charge in [0.1, 0.15) is 5.78 Å². The van der Waals surface area contributed by atoms with Crippen LogP contribution in [-0.2, 0) is 4.79 Å². The Morgan fingerprint density at radius 3 is 2.18 bits per heavy atom. The van der Waals surface area contributed by atoms with Crippen molar-refractivity contribution in [3.8, 4) is 0 Å². The fourth-order valence-electron chi connectivity index (χ4n) is 1.48. The van der Waals surface area contributed by atoms with E-state index in [4.69, 9.17) is 0 Å². The molecule has 1 aliphatic rings. The topological polar surface area (TPSA) is 23.6 Å². The molecule has 4 heteroatoms. The van der Waals surface area contributed by atoms with Gasteiger partial charge in [-0.3, -0.25) is 0 Å². The molecule has 0 aromatic heterocycles. The molecule has 0 saturated carbocycles. The second-order valence-electron chi connectivity index (χ2n) is 4.48. The number of carbonyl (C=O) groups is 1. The molecule has 3 nitrogen and oxygen atoms in total. The third-order valence-corrected chi connectivity index (χ3v) is 2.24. The van der Waals surface area contributed by atoms with E-state index in [1.807, 2.05) is 0 Å². The van der Waals surface area contributed by atoms with Crippen molar-refractivity contribution in [2.24, 2.45) is 0 Å². The van der Waals surface area contributed by atoms with E-state index in [0.717, 1.165) is 6.67 Å². The SMILES string of the molecule is CC(C)=O.CCCCCCN1C=CN(C)C1.Cl. The van der Waals surface area contributed by atoms with Gasteiger partial charge < -0.3 is 14.6 Å². The maximum absolute atomic E-state index is 9.44. The number of ketones is 1. The van der Waals surface area contributed by atoms with Crippen molar-refractivity contribution < 1.29 is 4.79 Å². The summed E-state index contributed by atoms with van der Waals surface area (Å²) in [5.41, 5.74) is 0. The van der Waals surface area contributed by atoms with Crippen LogP contribution in [0.15, 0.2) is 12.4 Å². The van der Waals surface area contributed by atoms with Crippen molar-refractivity contribution in [2.75, 3.05) is 20.3 Å². The van der Waals surface area contributed by atoms with Crippen molar-refractivity contribution in [3.05, 3.63) is 12.4 Å². The normalized spacial score (nSPS) is 12.9. The minimum atomic E-state index is 0. The van der Waals surface area contributed by atoms with Crippen LogP contribution in [0.25, 0.3) is 0 Å². The third-order valence-electron chi connectivity index (χ3n) is 2.24. The summed E-state index contributed by atoms with van der Waals surface area (Å²) in [7, 11) is 2.11. The fourth-order valence-corrected chi connectivity index (χ4v) is 1.48. The average molecular weight is 263 g/mol. The van der Waals surface area contributed by atoms with Crippen LogP contribution in [-0.4, -0.2) is 35.8 Å². The Bertz CT molecular complexity index is 215. The minimum absolute atomic E-state index is 0. The Balaban J connectivity index is 0. The molecule has 0 amide bonds. The number of hydrogen-bond acceptors (Lipinski definition) is 3. The van der Waals surface area contributed by atoms with Gasteiger partial charge in [0.25, 0.3) is 0 Å². The summed E-state index contributed by atoms with van der Waals surface area (Å²) in [4.78, 5) is 14.0. The second-order valence-corrected chi connectivity index (χ2v) is 4.48. The van der Waals surface area contributed by atoms with E-state index >= 15 is 0 Å². The van der Waals surface area contributed by atoms with Gasteiger partial charge in [0.05, 0.1) is 6.67 Å². The molecule has 0 unspecified atom stereocenters. The number of carbonyl (C=O) groups excluding carboxylic acids is 1. The van der Waals surface area contributed by atoms with Crippen molar-refractivity contribution >= 4 is 18.2 Å². The van der Waals surface area contributed by atoms with E-state index in [9.17, 15) is 4.79 Å². The van der Waals surface area contributed by atoms with Crippen LogP contribution in [0.1, 0.15) is 46.5 Å². The first-order valence-electron chi connectivity index (χ1n) is 6.16. The van der Waals surface area contributed by atoms with Gasteiger partial charge in [0, 0.05) is 26.0 Å². The molecule has 0 aromatic rings. The Hall–Kier alpha value is -0.700. The Labute approximate surface area is 112 Å². The number of hydrogen-bond donors (Lipinski definition) is 0. The second kappa shape index (κ2) is 11.8. The Morgan fingerprint density at radius 2 is 1.76 bits per heavy atom. The molecule has 1 aliphatic heterocycles. The van der Waals surface area contributed by atoms with Crippen LogP contribution in [0.3, 0.4) is 0 Å². The van der Waals surface area contributed by atoms with E-state index in [-0.39, 0.29) is 18.2 Å². The smallest absolute Gasteiger partial charge is 0.126 e. The lowest BCUT2D eigenvalue weighted by molar-refractivity contribution is -0.114. The van der Waals surface area contributed by atoms with Crippen molar-refractivity contribution in [2.45, 2.75) is 46.5 Å². The first-order valence-corrected chi connectivity index (χ1v) is 6.16. The summed E-state index contributed by atoms with van der Waals surface area (Å²) in [6.45, 7) is 7.61. The van der Waals surface area contributed by atoms with Gasteiger partial charge >= 0.3 is 0 Å². The molecule has 0 bridgehead atoms. The molecule has 0 fully saturated rings. The zero-order chi connectivity index (χ0) is 12.4. The highest BCUT2D eigenvalue weighted by Gasteiger charge is 2.06. The van der Waals surface area contributed by atoms with Gasteiger partial charge in [-0.05, 0) is 20.3 Å². The maximum Gasteiger partial charge on any atom is 0.126 e. The molecule has 1 rings (SSSR count). The number of unbranched alkanes of at least 4 members (excludes halogenated alkanes) is 3. The van der Waals surface area contributed by atoms with Crippen LogP contribution >= 0.6 is 12.4 Å². The number of halogens is 1. The molecule has 0 atom stereocenters. The van der Waals surface area contributed by atoms with Gasteiger partial charge in [-0.15, -0.1) is 12.4 Å². The molecular formula is C13H27ClN2O. The van der Waals surface area contributed by atoms with Crippen LogP contribution in [0.4, 0.5) is 0 Å². The summed E-state index contributed by atoms with van der Waals surface area (Å²) in [5, 5.41) is 0. The van der Waals surface area contributed by atoms with E-state index in [0.29, 0.717) is 0 Å². The van der Waals surface area contributed by atoms with Crippen LogP contribution < -0.4 is 0 Å². The zero-order valence-corrected chi connectivity index (χ0v) is 12.4. The van der Waals surface area contributed by atoms with Crippen molar-refractivity contribution in [1.29, 1.82) is 0 Å². The fraction of sp³-hybridized carbons (Fsp3) is 0.769. The highest BCUT2D eigenvalue weighted by atomic mass is 35.5. The first-order chi connectivity index (χ1) is 7.56. The van der Waals surface area contributed by atoms with Crippen molar-refractivity contribution in [1.82, 2.24) is 9.80 Å². The van der Waals surface area contributed by atoms with E-state index in [2.05, 4.69) is 36.2 Å². The molecule has 0 aliphatic carbocycles. The number of Topliss-reactive ketones (excluding diaryl/α,β-unsaturated/α-hetero) is 1. The Kier molecular flexibility index (Phi) is 12.9. The first kappa shape index (κ1) is 18.7. The van der Waals surface area contributed by atoms with E-state index < -0.39 is 0 Å². The molecule has 0 spiro atoms. The lowest BCUT2D eigenvalue weighted by Gasteiger charge is -2.17. The predicted octanol–water partition coefficient (Wildman–Crippen LogP) is 3.26. The van der Waals surface area contributed by atoms with Gasteiger partial charge in [-0.25, -0.2) is 0 Å². The summed E-state index contributed by atoms with van der Waals surface area (Å²) in [6.07, 6.45) is 9.76. The highest BCUT2D eigenvalue weighted by molar-refractivity contribution is 5.85. The molecule has 1 heterocycles. The zero-order valence-electron chi connectivity index (χ0n) is 11.6. The molecule has 0 aromatic carbocycles. The maximum atomic E-state index is 9.44. The van der Waals surface area contributed by atoms with Gasteiger partial charge in [0.2, 0.25) is 0 Å². The summed E-state index contributed by atoms with van der Waals surface area (Å²) in [6, 6.07) is 0. The molecule has 0 saturated heterocycles. The number of nitrogens with zero attached hydrogens (tertiary/aromatic N) is 2. The highest BCUT2D eigenvalue weighted by Crippen LogP contribution is 2.06. The molecule has 102 valence electrons. The molecular weight excluding hydrogens is 236 g/mol. The molecule has 17 heavy (non-hydrogen) atoms. The summed E-state index contributed by atoms with van der Waals surface area (Å²) in [5.74, 6) is 0.167.